The van der Waals surface area contributed by atoms with Crippen molar-refractivity contribution in [1.29, 1.82) is 0 Å². The maximum atomic E-state index is 12.1. The van der Waals surface area contributed by atoms with Crippen molar-refractivity contribution in [3.8, 4) is 0 Å². The summed E-state index contributed by atoms with van der Waals surface area (Å²) < 4.78 is 1.05. The van der Waals surface area contributed by atoms with Gasteiger partial charge in [0.2, 0.25) is 0 Å². The Kier molecular flexibility index (Phi) is 4.49. The summed E-state index contributed by atoms with van der Waals surface area (Å²) in [6.45, 7) is 4.00. The first-order chi connectivity index (χ1) is 9.46. The van der Waals surface area contributed by atoms with Crippen molar-refractivity contribution in [2.75, 3.05) is 0 Å². The van der Waals surface area contributed by atoms with Crippen molar-refractivity contribution in [1.82, 2.24) is 15.5 Å². The quantitative estimate of drug-likeness (QED) is 0.935. The summed E-state index contributed by atoms with van der Waals surface area (Å²) in [4.78, 5) is 12.1. The Balaban J connectivity index is 2.03. The molecule has 1 amide bonds. The van der Waals surface area contributed by atoms with Gasteiger partial charge in [-0.25, -0.2) is 0 Å². The van der Waals surface area contributed by atoms with Gasteiger partial charge in [-0.3, -0.25) is 4.79 Å². The van der Waals surface area contributed by atoms with Crippen molar-refractivity contribution in [2.24, 2.45) is 0 Å². The van der Waals surface area contributed by atoms with Crippen LogP contribution in [-0.2, 0) is 6.42 Å². The van der Waals surface area contributed by atoms with E-state index in [1.54, 1.807) is 6.07 Å². The highest BCUT2D eigenvalue weighted by Gasteiger charge is 2.21. The Morgan fingerprint density at radius 1 is 1.20 bits per heavy atom. The lowest BCUT2D eigenvalue weighted by Gasteiger charge is -2.26. The topological polar surface area (TPSA) is 54.9 Å². The highest BCUT2D eigenvalue weighted by molar-refractivity contribution is 9.10. The van der Waals surface area contributed by atoms with E-state index in [2.05, 4.69) is 31.4 Å². The first kappa shape index (κ1) is 14.7. The monoisotopic (exact) mass is 333 g/mol. The average molecular weight is 334 g/mol. The molecule has 2 aromatic rings. The summed E-state index contributed by atoms with van der Waals surface area (Å²) in [5, 5.41) is 10.4. The second-order valence-corrected chi connectivity index (χ2v) is 6.19. The SMILES string of the molecule is CC(C)(Cc1ccc(Br)cc1)NC(=O)c1ccnnc1. The molecule has 0 atom stereocenters. The van der Waals surface area contributed by atoms with Crippen LogP contribution in [0, 0.1) is 0 Å². The van der Waals surface area contributed by atoms with E-state index in [1.165, 1.54) is 18.0 Å². The van der Waals surface area contributed by atoms with Crippen LogP contribution in [0.5, 0.6) is 0 Å². The van der Waals surface area contributed by atoms with E-state index in [4.69, 9.17) is 0 Å². The second kappa shape index (κ2) is 6.13. The highest BCUT2D eigenvalue weighted by Crippen LogP contribution is 2.16. The molecule has 104 valence electrons. The van der Waals surface area contributed by atoms with E-state index >= 15 is 0 Å². The number of amides is 1. The zero-order chi connectivity index (χ0) is 14.6. The highest BCUT2D eigenvalue weighted by atomic mass is 79.9. The van der Waals surface area contributed by atoms with Crippen LogP contribution in [0.3, 0.4) is 0 Å². The molecule has 0 radical (unpaired) electrons. The summed E-state index contributed by atoms with van der Waals surface area (Å²) in [5.41, 5.74) is 1.35. The van der Waals surface area contributed by atoms with Gasteiger partial charge in [0.05, 0.1) is 18.0 Å². The Bertz CT molecular complexity index is 582. The van der Waals surface area contributed by atoms with E-state index in [9.17, 15) is 4.79 Å². The summed E-state index contributed by atoms with van der Waals surface area (Å²) >= 11 is 3.41. The molecule has 0 spiro atoms. The number of carbonyl (C=O) groups is 1. The van der Waals surface area contributed by atoms with E-state index in [0.717, 1.165) is 10.9 Å². The first-order valence-electron chi connectivity index (χ1n) is 6.30. The molecule has 0 aliphatic rings. The van der Waals surface area contributed by atoms with Gasteiger partial charge in [-0.1, -0.05) is 28.1 Å². The number of benzene rings is 1. The molecule has 1 aromatic carbocycles. The van der Waals surface area contributed by atoms with E-state index in [1.807, 2.05) is 38.1 Å². The second-order valence-electron chi connectivity index (χ2n) is 5.27. The predicted molar refractivity (Wildman–Crippen MR) is 81.4 cm³/mol. The van der Waals surface area contributed by atoms with Crippen LogP contribution in [-0.4, -0.2) is 21.6 Å². The third-order valence-electron chi connectivity index (χ3n) is 2.86. The minimum absolute atomic E-state index is 0.137. The molecule has 0 fully saturated rings. The molecule has 0 bridgehead atoms. The van der Waals surface area contributed by atoms with Crippen molar-refractivity contribution in [3.63, 3.8) is 0 Å². The minimum Gasteiger partial charge on any atom is -0.347 e. The fourth-order valence-corrected chi connectivity index (χ4v) is 2.23. The van der Waals surface area contributed by atoms with Crippen LogP contribution in [0.25, 0.3) is 0 Å². The fraction of sp³-hybridized carbons (Fsp3) is 0.267. The zero-order valence-corrected chi connectivity index (χ0v) is 13.0. The molecule has 1 aromatic heterocycles. The van der Waals surface area contributed by atoms with Gasteiger partial charge < -0.3 is 5.32 Å². The van der Waals surface area contributed by atoms with Crippen molar-refractivity contribution >= 4 is 21.8 Å². The van der Waals surface area contributed by atoms with Crippen LogP contribution >= 0.6 is 15.9 Å². The lowest BCUT2D eigenvalue weighted by Crippen LogP contribution is -2.45. The number of carbonyl (C=O) groups excluding carboxylic acids is 1. The van der Waals surface area contributed by atoms with Crippen molar-refractivity contribution in [2.45, 2.75) is 25.8 Å². The molecule has 0 saturated heterocycles. The molecule has 1 heterocycles. The van der Waals surface area contributed by atoms with Crippen LogP contribution in [0.2, 0.25) is 0 Å². The number of nitrogens with one attached hydrogen (secondary N) is 1. The van der Waals surface area contributed by atoms with Gasteiger partial charge in [0.1, 0.15) is 0 Å². The van der Waals surface area contributed by atoms with Gasteiger partial charge in [-0.15, -0.1) is 0 Å². The Morgan fingerprint density at radius 2 is 1.90 bits per heavy atom. The standard InChI is InChI=1S/C15H16BrN3O/c1-15(2,9-11-3-5-13(16)6-4-11)19-14(20)12-7-8-17-18-10-12/h3-8,10H,9H2,1-2H3,(H,19,20). The van der Waals surface area contributed by atoms with Crippen molar-refractivity contribution < 1.29 is 4.79 Å². The summed E-state index contributed by atoms with van der Waals surface area (Å²) in [6.07, 6.45) is 3.73. The molecule has 20 heavy (non-hydrogen) atoms. The van der Waals surface area contributed by atoms with E-state index in [-0.39, 0.29) is 11.4 Å². The van der Waals surface area contributed by atoms with Crippen LogP contribution in [0.4, 0.5) is 0 Å². The smallest absolute Gasteiger partial charge is 0.253 e. The van der Waals surface area contributed by atoms with Gasteiger partial charge in [-0.05, 0) is 44.0 Å². The predicted octanol–water partition coefficient (Wildman–Crippen LogP) is 2.99. The number of nitrogens with zero attached hydrogens (tertiary/aromatic N) is 2. The largest absolute Gasteiger partial charge is 0.347 e. The molecular formula is C15H16BrN3O. The maximum absolute atomic E-state index is 12.1. The fourth-order valence-electron chi connectivity index (χ4n) is 1.96. The molecular weight excluding hydrogens is 318 g/mol. The normalized spacial score (nSPS) is 11.2. The number of hydrogen-bond donors (Lipinski definition) is 1. The molecule has 4 nitrogen and oxygen atoms in total. The molecule has 2 rings (SSSR count). The summed E-state index contributed by atoms with van der Waals surface area (Å²) in [6, 6.07) is 9.75. The van der Waals surface area contributed by atoms with Crippen molar-refractivity contribution in [3.05, 3.63) is 58.3 Å². The number of hydrogen-bond acceptors (Lipinski definition) is 3. The maximum Gasteiger partial charge on any atom is 0.253 e. The molecule has 0 saturated carbocycles. The minimum atomic E-state index is -0.339. The Labute approximate surface area is 126 Å². The van der Waals surface area contributed by atoms with Gasteiger partial charge in [0.15, 0.2) is 0 Å². The average Bonchev–Trinajstić information content (AvgIpc) is 2.41. The van der Waals surface area contributed by atoms with Crippen LogP contribution in [0.15, 0.2) is 47.2 Å². The van der Waals surface area contributed by atoms with E-state index in [0.29, 0.717) is 5.56 Å². The Morgan fingerprint density at radius 3 is 2.50 bits per heavy atom. The van der Waals surface area contributed by atoms with Gasteiger partial charge >= 0.3 is 0 Å². The number of aromatic nitrogens is 2. The molecule has 5 heteroatoms. The lowest BCUT2D eigenvalue weighted by molar-refractivity contribution is 0.0912. The summed E-state index contributed by atoms with van der Waals surface area (Å²) in [5.74, 6) is -0.137. The third-order valence-corrected chi connectivity index (χ3v) is 3.39. The number of halogens is 1. The third kappa shape index (κ3) is 4.13. The van der Waals surface area contributed by atoms with Crippen LogP contribution < -0.4 is 5.32 Å². The van der Waals surface area contributed by atoms with Gasteiger partial charge in [0.25, 0.3) is 5.91 Å². The molecule has 1 N–H and O–H groups in total. The van der Waals surface area contributed by atoms with Gasteiger partial charge in [-0.2, -0.15) is 10.2 Å². The summed E-state index contributed by atoms with van der Waals surface area (Å²) in [7, 11) is 0. The molecule has 0 aliphatic carbocycles. The molecule has 0 aliphatic heterocycles. The van der Waals surface area contributed by atoms with Gasteiger partial charge in [0, 0.05) is 10.0 Å². The molecule has 0 unspecified atom stereocenters. The van der Waals surface area contributed by atoms with E-state index < -0.39 is 0 Å². The number of rotatable bonds is 4. The zero-order valence-electron chi connectivity index (χ0n) is 11.4. The first-order valence-corrected chi connectivity index (χ1v) is 7.09. The Hall–Kier alpha value is -1.75. The van der Waals surface area contributed by atoms with Crippen LogP contribution in [0.1, 0.15) is 29.8 Å². The lowest BCUT2D eigenvalue weighted by atomic mass is 9.94.